The van der Waals surface area contributed by atoms with Gasteiger partial charge in [0.05, 0.1) is 18.9 Å². The molecule has 0 saturated heterocycles. The fourth-order valence-electron chi connectivity index (χ4n) is 4.55. The first-order valence-corrected chi connectivity index (χ1v) is 11.7. The van der Waals surface area contributed by atoms with Gasteiger partial charge in [-0.15, -0.1) is 0 Å². The lowest BCUT2D eigenvalue weighted by molar-refractivity contribution is -0.135. The van der Waals surface area contributed by atoms with Gasteiger partial charge in [-0.05, 0) is 52.2 Å². The second kappa shape index (κ2) is 9.26. The number of hydrogen-bond acceptors (Lipinski definition) is 6. The van der Waals surface area contributed by atoms with Crippen LogP contribution in [0.4, 0.5) is 0 Å². The third-order valence-electron chi connectivity index (χ3n) is 6.46. The lowest BCUT2D eigenvalue weighted by Gasteiger charge is -2.22. The quantitative estimate of drug-likeness (QED) is 0.373. The molecule has 7 nitrogen and oxygen atoms in total. The van der Waals surface area contributed by atoms with E-state index in [0.29, 0.717) is 23.7 Å². The van der Waals surface area contributed by atoms with Gasteiger partial charge in [-0.2, -0.15) is 5.10 Å². The number of benzene rings is 4. The summed E-state index contributed by atoms with van der Waals surface area (Å²) in [6.45, 7) is 0.0299. The van der Waals surface area contributed by atoms with Gasteiger partial charge in [-0.25, -0.2) is 5.01 Å². The van der Waals surface area contributed by atoms with Crippen molar-refractivity contribution in [2.24, 2.45) is 5.10 Å². The van der Waals surface area contributed by atoms with Crippen LogP contribution in [0.25, 0.3) is 10.8 Å². The molecule has 0 aliphatic carbocycles. The molecule has 4 aromatic rings. The van der Waals surface area contributed by atoms with Crippen LogP contribution in [0.1, 0.15) is 23.6 Å². The van der Waals surface area contributed by atoms with Crippen LogP contribution >= 0.6 is 0 Å². The maximum absolute atomic E-state index is 13.4. The average Bonchev–Trinajstić information content (AvgIpc) is 3.59. The Morgan fingerprint density at radius 3 is 2.53 bits per heavy atom. The number of hydrogen-bond donors (Lipinski definition) is 0. The summed E-state index contributed by atoms with van der Waals surface area (Å²) in [5.74, 6) is 2.33. The van der Waals surface area contributed by atoms with Crippen LogP contribution in [0.15, 0.2) is 90.0 Å². The summed E-state index contributed by atoms with van der Waals surface area (Å²) in [5, 5.41) is 8.62. The number of ether oxygens (including phenoxy) is 4. The van der Waals surface area contributed by atoms with Gasteiger partial charge in [0.2, 0.25) is 6.79 Å². The van der Waals surface area contributed by atoms with E-state index in [0.717, 1.165) is 33.4 Å². The zero-order valence-corrected chi connectivity index (χ0v) is 19.7. The predicted molar refractivity (Wildman–Crippen MR) is 136 cm³/mol. The molecule has 4 aromatic carbocycles. The Balaban J connectivity index is 1.27. The standard InChI is InChI=1S/C29H24N2O5/c1-33-23-10-8-20(9-11-23)26-16-25(22-7-6-19-4-2-3-5-21(19)14-22)30-31(26)29(32)17-34-24-12-13-27-28(15-24)36-18-35-27/h2-15,26H,16-18H2,1H3. The van der Waals surface area contributed by atoms with Gasteiger partial charge in [0, 0.05) is 12.5 Å². The fourth-order valence-corrected chi connectivity index (χ4v) is 4.55. The lowest BCUT2D eigenvalue weighted by Crippen LogP contribution is -2.31. The zero-order valence-electron chi connectivity index (χ0n) is 19.7. The molecule has 1 amide bonds. The maximum Gasteiger partial charge on any atom is 0.281 e. The molecular formula is C29H24N2O5. The Morgan fingerprint density at radius 2 is 1.69 bits per heavy atom. The molecule has 0 aromatic heterocycles. The fraction of sp³-hybridized carbons (Fsp3) is 0.172. The molecule has 0 saturated carbocycles. The van der Waals surface area contributed by atoms with E-state index in [1.54, 1.807) is 30.3 Å². The number of fused-ring (bicyclic) bond motifs is 2. The smallest absolute Gasteiger partial charge is 0.281 e. The van der Waals surface area contributed by atoms with E-state index in [9.17, 15) is 4.79 Å². The predicted octanol–water partition coefficient (Wildman–Crippen LogP) is 5.33. The van der Waals surface area contributed by atoms with E-state index in [-0.39, 0.29) is 25.3 Å². The molecule has 0 N–H and O–H groups in total. The van der Waals surface area contributed by atoms with Crippen LogP contribution in [-0.4, -0.2) is 37.1 Å². The summed E-state index contributed by atoms with van der Waals surface area (Å²) in [6.07, 6.45) is 0.598. The van der Waals surface area contributed by atoms with E-state index in [1.807, 2.05) is 36.4 Å². The van der Waals surface area contributed by atoms with Crippen molar-refractivity contribution in [3.8, 4) is 23.0 Å². The SMILES string of the molecule is COc1ccc(C2CC(c3ccc4ccccc4c3)=NN2C(=O)COc2ccc3c(c2)OCO3)cc1. The first-order valence-electron chi connectivity index (χ1n) is 11.7. The molecule has 0 fully saturated rings. The Labute approximate surface area is 208 Å². The Hall–Kier alpha value is -4.52. The van der Waals surface area contributed by atoms with E-state index in [4.69, 9.17) is 24.0 Å². The van der Waals surface area contributed by atoms with Crippen LogP contribution in [0.2, 0.25) is 0 Å². The average molecular weight is 481 g/mol. The minimum atomic E-state index is -0.245. The molecule has 2 aliphatic rings. The molecule has 7 heteroatoms. The van der Waals surface area contributed by atoms with Crippen LogP contribution < -0.4 is 18.9 Å². The number of methoxy groups -OCH3 is 1. The molecule has 2 heterocycles. The van der Waals surface area contributed by atoms with Gasteiger partial charge in [-0.1, -0.05) is 48.5 Å². The van der Waals surface area contributed by atoms with Crippen LogP contribution in [0.3, 0.4) is 0 Å². The number of rotatable bonds is 6. The van der Waals surface area contributed by atoms with Gasteiger partial charge in [0.25, 0.3) is 5.91 Å². The number of carbonyl (C=O) groups is 1. The molecule has 180 valence electrons. The molecule has 2 aliphatic heterocycles. The molecule has 6 rings (SSSR count). The Bertz CT molecular complexity index is 1460. The number of carbonyl (C=O) groups excluding carboxylic acids is 1. The summed E-state index contributed by atoms with van der Waals surface area (Å²) in [4.78, 5) is 13.4. The van der Waals surface area contributed by atoms with Crippen LogP contribution in [0, 0.1) is 0 Å². The molecular weight excluding hydrogens is 456 g/mol. The van der Waals surface area contributed by atoms with Gasteiger partial charge in [-0.3, -0.25) is 4.79 Å². The Morgan fingerprint density at radius 1 is 0.917 bits per heavy atom. The first-order chi connectivity index (χ1) is 17.7. The van der Waals surface area contributed by atoms with Crippen molar-refractivity contribution in [3.63, 3.8) is 0 Å². The molecule has 1 atom stereocenters. The minimum absolute atomic E-state index is 0.152. The van der Waals surface area contributed by atoms with Gasteiger partial charge in [0.15, 0.2) is 18.1 Å². The van der Waals surface area contributed by atoms with Crippen molar-refractivity contribution in [2.75, 3.05) is 20.5 Å². The number of nitrogens with zero attached hydrogens (tertiary/aromatic N) is 2. The van der Waals surface area contributed by atoms with E-state index < -0.39 is 0 Å². The third kappa shape index (κ3) is 4.20. The van der Waals surface area contributed by atoms with Crippen molar-refractivity contribution in [3.05, 3.63) is 96.1 Å². The van der Waals surface area contributed by atoms with Gasteiger partial charge in [0.1, 0.15) is 11.5 Å². The summed E-state index contributed by atoms with van der Waals surface area (Å²) in [5.41, 5.74) is 2.84. The highest BCUT2D eigenvalue weighted by atomic mass is 16.7. The zero-order chi connectivity index (χ0) is 24.5. The largest absolute Gasteiger partial charge is 0.497 e. The second-order valence-corrected chi connectivity index (χ2v) is 8.64. The molecule has 0 spiro atoms. The summed E-state index contributed by atoms with van der Waals surface area (Å²) < 4.78 is 21.9. The second-order valence-electron chi connectivity index (χ2n) is 8.64. The summed E-state index contributed by atoms with van der Waals surface area (Å²) in [7, 11) is 1.63. The Kier molecular flexibility index (Phi) is 5.65. The number of amides is 1. The minimum Gasteiger partial charge on any atom is -0.497 e. The molecule has 36 heavy (non-hydrogen) atoms. The van der Waals surface area contributed by atoms with Crippen LogP contribution in [0.5, 0.6) is 23.0 Å². The highest BCUT2D eigenvalue weighted by molar-refractivity contribution is 6.05. The first kappa shape index (κ1) is 22.0. The van der Waals surface area contributed by atoms with E-state index >= 15 is 0 Å². The lowest BCUT2D eigenvalue weighted by atomic mass is 9.97. The normalized spacial score (nSPS) is 16.2. The number of hydrazone groups is 1. The summed E-state index contributed by atoms with van der Waals surface area (Å²) >= 11 is 0. The van der Waals surface area contributed by atoms with Crippen LogP contribution in [-0.2, 0) is 4.79 Å². The topological polar surface area (TPSA) is 69.6 Å². The highest BCUT2D eigenvalue weighted by Gasteiger charge is 2.33. The maximum atomic E-state index is 13.4. The highest BCUT2D eigenvalue weighted by Crippen LogP contribution is 2.36. The molecule has 0 bridgehead atoms. The van der Waals surface area contributed by atoms with Crippen molar-refractivity contribution in [1.29, 1.82) is 0 Å². The summed E-state index contributed by atoms with van der Waals surface area (Å²) in [6, 6.07) is 27.2. The monoisotopic (exact) mass is 480 g/mol. The third-order valence-corrected chi connectivity index (χ3v) is 6.46. The molecule has 0 radical (unpaired) electrons. The van der Waals surface area contributed by atoms with Gasteiger partial charge < -0.3 is 18.9 Å². The van der Waals surface area contributed by atoms with E-state index in [1.165, 1.54) is 0 Å². The van der Waals surface area contributed by atoms with Crippen molar-refractivity contribution < 1.29 is 23.7 Å². The van der Waals surface area contributed by atoms with Gasteiger partial charge >= 0.3 is 0 Å². The van der Waals surface area contributed by atoms with Crippen molar-refractivity contribution in [1.82, 2.24) is 5.01 Å². The van der Waals surface area contributed by atoms with Crippen molar-refractivity contribution >= 4 is 22.4 Å². The molecule has 1 unspecified atom stereocenters. The van der Waals surface area contributed by atoms with E-state index in [2.05, 4.69) is 30.3 Å². The van der Waals surface area contributed by atoms with Crippen molar-refractivity contribution in [2.45, 2.75) is 12.5 Å².